The van der Waals surface area contributed by atoms with E-state index < -0.39 is 0 Å². The molecule has 1 aliphatic heterocycles. The minimum Gasteiger partial charge on any atom is -0.484 e. The van der Waals surface area contributed by atoms with Gasteiger partial charge in [0.05, 0.1) is 6.04 Å². The van der Waals surface area contributed by atoms with Crippen molar-refractivity contribution in [1.82, 2.24) is 0 Å². The number of fused-ring (bicyclic) bond motifs is 6. The maximum absolute atomic E-state index is 6.52. The Morgan fingerprint density at radius 1 is 0.677 bits per heavy atom. The van der Waals surface area contributed by atoms with Gasteiger partial charge < -0.3 is 9.64 Å². The summed E-state index contributed by atoms with van der Waals surface area (Å²) in [4.78, 5) is 2.48. The van der Waals surface area contributed by atoms with Crippen LogP contribution in [0.2, 0.25) is 0 Å². The molecule has 6 aromatic carbocycles. The summed E-state index contributed by atoms with van der Waals surface area (Å²) in [5, 5.41) is 0. The zero-order chi connectivity index (χ0) is 42.0. The van der Waals surface area contributed by atoms with Crippen LogP contribution in [0.1, 0.15) is 78.0 Å². The van der Waals surface area contributed by atoms with Crippen molar-refractivity contribution in [2.75, 3.05) is 4.90 Å². The van der Waals surface area contributed by atoms with Gasteiger partial charge in [-0.25, -0.2) is 0 Å². The van der Waals surface area contributed by atoms with Crippen LogP contribution in [0, 0.1) is 6.92 Å². The van der Waals surface area contributed by atoms with Crippen molar-refractivity contribution < 1.29 is 4.74 Å². The summed E-state index contributed by atoms with van der Waals surface area (Å²) in [6, 6.07) is 49.7. The average molecular weight is 802 g/mol. The molecule has 5 aliphatic rings. The molecule has 0 radical (unpaired) electrons. The van der Waals surface area contributed by atoms with Gasteiger partial charge in [0.25, 0.3) is 0 Å². The van der Waals surface area contributed by atoms with E-state index in [0.29, 0.717) is 0 Å². The molecule has 4 aliphatic carbocycles. The highest BCUT2D eigenvalue weighted by atomic mass is 16.5. The smallest absolute Gasteiger partial charge is 0.135 e. The number of benzene rings is 6. The van der Waals surface area contributed by atoms with Crippen LogP contribution in [0.15, 0.2) is 200 Å². The minimum atomic E-state index is -0.0535. The molecule has 62 heavy (non-hydrogen) atoms. The van der Waals surface area contributed by atoms with Crippen molar-refractivity contribution in [3.8, 4) is 28.0 Å². The monoisotopic (exact) mass is 801 g/mol. The second-order valence-electron chi connectivity index (χ2n) is 18.0. The Morgan fingerprint density at radius 2 is 1.42 bits per heavy atom. The lowest BCUT2D eigenvalue weighted by atomic mass is 9.80. The van der Waals surface area contributed by atoms with Gasteiger partial charge in [-0.15, -0.1) is 0 Å². The Labute approximate surface area is 366 Å². The molecule has 11 rings (SSSR count). The number of hydrogen-bond donors (Lipinski definition) is 0. The van der Waals surface area contributed by atoms with Crippen LogP contribution in [0.25, 0.3) is 39.0 Å². The predicted octanol–water partition coefficient (Wildman–Crippen LogP) is 15.3. The summed E-state index contributed by atoms with van der Waals surface area (Å²) in [6.45, 7) is 11.7. The second kappa shape index (κ2) is 15.2. The summed E-state index contributed by atoms with van der Waals surface area (Å²) in [5.41, 5.74) is 21.4. The van der Waals surface area contributed by atoms with Gasteiger partial charge in [-0.1, -0.05) is 166 Å². The number of rotatable bonds is 8. The van der Waals surface area contributed by atoms with E-state index in [-0.39, 0.29) is 23.5 Å². The fraction of sp³-hybridized carbons (Fsp3) is 0.167. The van der Waals surface area contributed by atoms with E-state index in [2.05, 4.69) is 214 Å². The Balaban J connectivity index is 0.885. The van der Waals surface area contributed by atoms with Gasteiger partial charge in [-0.2, -0.15) is 0 Å². The highest BCUT2D eigenvalue weighted by Gasteiger charge is 2.37. The number of hydrogen-bond acceptors (Lipinski definition) is 2. The van der Waals surface area contributed by atoms with E-state index in [1.54, 1.807) is 0 Å². The van der Waals surface area contributed by atoms with Crippen molar-refractivity contribution in [3.05, 3.63) is 239 Å². The zero-order valence-electron chi connectivity index (χ0n) is 35.8. The minimum absolute atomic E-state index is 0.00650. The van der Waals surface area contributed by atoms with Gasteiger partial charge in [0.1, 0.15) is 11.9 Å². The number of aryl methyl sites for hydroxylation is 1. The van der Waals surface area contributed by atoms with Crippen molar-refractivity contribution >= 4 is 28.1 Å². The molecule has 2 heteroatoms. The van der Waals surface area contributed by atoms with Gasteiger partial charge in [0, 0.05) is 33.8 Å². The van der Waals surface area contributed by atoms with E-state index in [1.807, 2.05) is 0 Å². The Bertz CT molecular complexity index is 2960. The largest absolute Gasteiger partial charge is 0.484 e. The van der Waals surface area contributed by atoms with Crippen LogP contribution < -0.4 is 9.64 Å². The normalized spacial score (nSPS) is 19.9. The SMILES string of the molecule is C=C(C1=C(c2cc(-c3ccc(N(c4ccc(C5=CC=CC6c7ccccc7OC56)cc4)C4C=CC=CC4)cc3)ccc2C)CCC=C1)c1ccc2c(c1)C(C)(C)c1ccccc1-2. The van der Waals surface area contributed by atoms with E-state index in [1.165, 1.54) is 89.3 Å². The molecule has 302 valence electrons. The Hall–Kier alpha value is -6.90. The van der Waals surface area contributed by atoms with Crippen molar-refractivity contribution in [2.24, 2.45) is 0 Å². The summed E-state index contributed by atoms with van der Waals surface area (Å²) >= 11 is 0. The third-order valence-corrected chi connectivity index (χ3v) is 14.0. The van der Waals surface area contributed by atoms with Crippen LogP contribution in [-0.4, -0.2) is 12.1 Å². The molecule has 0 spiro atoms. The zero-order valence-corrected chi connectivity index (χ0v) is 35.8. The number of allylic oxidation sites excluding steroid dienone is 9. The Morgan fingerprint density at radius 3 is 2.23 bits per heavy atom. The van der Waals surface area contributed by atoms with E-state index in [9.17, 15) is 0 Å². The highest BCUT2D eigenvalue weighted by Crippen LogP contribution is 2.50. The number of anilines is 2. The first-order chi connectivity index (χ1) is 30.3. The van der Waals surface area contributed by atoms with E-state index in [4.69, 9.17) is 11.3 Å². The topological polar surface area (TPSA) is 12.5 Å². The second-order valence-corrected chi connectivity index (χ2v) is 18.0. The molecule has 2 nitrogen and oxygen atoms in total. The quantitative estimate of drug-likeness (QED) is 0.152. The Kier molecular flexibility index (Phi) is 9.34. The average Bonchev–Trinajstić information content (AvgIpc) is 3.82. The first kappa shape index (κ1) is 38.1. The van der Waals surface area contributed by atoms with Crippen LogP contribution in [0.5, 0.6) is 5.75 Å². The summed E-state index contributed by atoms with van der Waals surface area (Å²) in [7, 11) is 0. The molecule has 1 heterocycles. The summed E-state index contributed by atoms with van der Waals surface area (Å²) in [5.74, 6) is 1.23. The van der Waals surface area contributed by atoms with Gasteiger partial charge >= 0.3 is 0 Å². The van der Waals surface area contributed by atoms with Crippen LogP contribution in [-0.2, 0) is 5.41 Å². The lowest BCUT2D eigenvalue weighted by molar-refractivity contribution is 0.278. The van der Waals surface area contributed by atoms with Gasteiger partial charge in [0.2, 0.25) is 0 Å². The molecule has 0 aromatic heterocycles. The summed E-state index contributed by atoms with van der Waals surface area (Å²) < 4.78 is 6.52. The third kappa shape index (κ3) is 6.40. The third-order valence-electron chi connectivity index (χ3n) is 14.0. The predicted molar refractivity (Wildman–Crippen MR) is 261 cm³/mol. The molecule has 0 saturated heterocycles. The molecule has 0 bridgehead atoms. The molecular weight excluding hydrogens is 751 g/mol. The molecule has 6 aromatic rings. The molecular formula is C60H51NO. The number of nitrogens with zero attached hydrogens (tertiary/aromatic N) is 1. The standard InChI is InChI=1S/C60H51NO/c1-39-25-26-44(37-55(39)50-18-9-8-17-48(50)40(2)43-31-36-52-51-19-10-12-23-56(51)60(3,4)57(52)38-43)41-27-32-46(33-28-41)61(45-15-6-5-7-16-45)47-34-29-42(30-35-47)49-21-14-22-54-53-20-11-13-24-58(53)62-59(49)54/h5-8,10-15,17,19-38,45,54,59H,2,9,16,18H2,1,3-4H3. The maximum atomic E-state index is 6.52. The van der Waals surface area contributed by atoms with Gasteiger partial charge in [-0.05, 0) is 141 Å². The number of para-hydroxylation sites is 1. The molecule has 0 N–H and O–H groups in total. The molecule has 0 fully saturated rings. The maximum Gasteiger partial charge on any atom is 0.135 e. The van der Waals surface area contributed by atoms with Crippen LogP contribution >= 0.6 is 0 Å². The van der Waals surface area contributed by atoms with Gasteiger partial charge in [0.15, 0.2) is 0 Å². The van der Waals surface area contributed by atoms with E-state index in [0.717, 1.165) is 30.6 Å². The van der Waals surface area contributed by atoms with Crippen molar-refractivity contribution in [1.29, 1.82) is 0 Å². The van der Waals surface area contributed by atoms with Crippen molar-refractivity contribution in [2.45, 2.75) is 63.5 Å². The first-order valence-electron chi connectivity index (χ1n) is 22.3. The van der Waals surface area contributed by atoms with Crippen LogP contribution in [0.3, 0.4) is 0 Å². The van der Waals surface area contributed by atoms with Crippen LogP contribution in [0.4, 0.5) is 11.4 Å². The lowest BCUT2D eigenvalue weighted by Gasteiger charge is -2.33. The molecule has 0 saturated carbocycles. The lowest BCUT2D eigenvalue weighted by Crippen LogP contribution is -2.29. The van der Waals surface area contributed by atoms with Crippen molar-refractivity contribution in [3.63, 3.8) is 0 Å². The van der Waals surface area contributed by atoms with Gasteiger partial charge in [-0.3, -0.25) is 0 Å². The molecule has 3 unspecified atom stereocenters. The highest BCUT2D eigenvalue weighted by molar-refractivity contribution is 5.94. The van der Waals surface area contributed by atoms with E-state index >= 15 is 0 Å². The molecule has 3 atom stereocenters. The first-order valence-corrected chi connectivity index (χ1v) is 22.3. The molecule has 0 amide bonds. The fourth-order valence-electron chi connectivity index (χ4n) is 10.7. The number of ether oxygens (including phenoxy) is 1. The fourth-order valence-corrected chi connectivity index (χ4v) is 10.7. The summed E-state index contributed by atoms with van der Waals surface area (Å²) in [6.07, 6.45) is 23.2.